The number of aryl methyl sites for hydroxylation is 1. The van der Waals surface area contributed by atoms with Gasteiger partial charge in [-0.1, -0.05) is 25.2 Å². The van der Waals surface area contributed by atoms with Gasteiger partial charge in [0.15, 0.2) is 0 Å². The molecule has 0 saturated heterocycles. The van der Waals surface area contributed by atoms with Gasteiger partial charge in [-0.05, 0) is 42.7 Å². The SMILES string of the molecule is C=C[C@]1(C)Cc2occ(C)c2C[C@H]1C(=C)C. The maximum atomic E-state index is 5.63. The molecule has 0 bridgehead atoms. The van der Waals surface area contributed by atoms with E-state index >= 15 is 0 Å². The minimum absolute atomic E-state index is 0.0864. The molecular weight excluding hydrogens is 196 g/mol. The maximum Gasteiger partial charge on any atom is 0.108 e. The molecule has 0 fully saturated rings. The molecule has 1 aromatic heterocycles. The molecule has 2 atom stereocenters. The first-order chi connectivity index (χ1) is 7.48. The third-order valence-corrected chi connectivity index (χ3v) is 4.00. The van der Waals surface area contributed by atoms with Crippen LogP contribution in [0.1, 0.15) is 30.7 Å². The Morgan fingerprint density at radius 3 is 2.88 bits per heavy atom. The molecule has 0 aliphatic heterocycles. The first kappa shape index (κ1) is 11.3. The van der Waals surface area contributed by atoms with Gasteiger partial charge in [-0.3, -0.25) is 0 Å². The van der Waals surface area contributed by atoms with Crippen molar-refractivity contribution < 1.29 is 4.42 Å². The molecule has 2 rings (SSSR count). The summed E-state index contributed by atoms with van der Waals surface area (Å²) in [6.07, 6.45) is 5.91. The predicted molar refractivity (Wildman–Crippen MR) is 67.5 cm³/mol. The molecule has 86 valence electrons. The molecule has 0 radical (unpaired) electrons. The Bertz CT molecular complexity index is 438. The van der Waals surface area contributed by atoms with Crippen molar-refractivity contribution in [3.05, 3.63) is 48.0 Å². The van der Waals surface area contributed by atoms with E-state index in [4.69, 9.17) is 4.42 Å². The minimum atomic E-state index is 0.0864. The molecular formula is C15H20O. The van der Waals surface area contributed by atoms with Crippen LogP contribution in [0.15, 0.2) is 35.5 Å². The molecule has 1 aliphatic carbocycles. The average molecular weight is 216 g/mol. The first-order valence-electron chi connectivity index (χ1n) is 5.83. The van der Waals surface area contributed by atoms with Crippen molar-refractivity contribution in [2.24, 2.45) is 11.3 Å². The molecule has 0 N–H and O–H groups in total. The molecule has 16 heavy (non-hydrogen) atoms. The summed E-state index contributed by atoms with van der Waals surface area (Å²) >= 11 is 0. The smallest absolute Gasteiger partial charge is 0.108 e. The second kappa shape index (κ2) is 3.65. The third-order valence-electron chi connectivity index (χ3n) is 4.00. The van der Waals surface area contributed by atoms with Crippen LogP contribution < -0.4 is 0 Å². The van der Waals surface area contributed by atoms with Gasteiger partial charge in [0.2, 0.25) is 0 Å². The van der Waals surface area contributed by atoms with Gasteiger partial charge in [-0.2, -0.15) is 0 Å². The molecule has 1 heteroatoms. The molecule has 0 unspecified atom stereocenters. The van der Waals surface area contributed by atoms with Gasteiger partial charge in [0.25, 0.3) is 0 Å². The predicted octanol–water partition coefficient (Wildman–Crippen LogP) is 4.07. The fraction of sp³-hybridized carbons (Fsp3) is 0.467. The van der Waals surface area contributed by atoms with Gasteiger partial charge in [-0.15, -0.1) is 6.58 Å². The zero-order chi connectivity index (χ0) is 11.9. The van der Waals surface area contributed by atoms with Crippen LogP contribution in [0.25, 0.3) is 0 Å². The molecule has 0 saturated carbocycles. The summed E-state index contributed by atoms with van der Waals surface area (Å²) in [6, 6.07) is 0. The summed E-state index contributed by atoms with van der Waals surface area (Å²) in [5, 5.41) is 0. The molecule has 1 aliphatic rings. The Hall–Kier alpha value is -1.24. The second-order valence-corrected chi connectivity index (χ2v) is 5.31. The van der Waals surface area contributed by atoms with Crippen molar-refractivity contribution in [2.45, 2.75) is 33.6 Å². The second-order valence-electron chi connectivity index (χ2n) is 5.31. The summed E-state index contributed by atoms with van der Waals surface area (Å²) in [5.74, 6) is 1.62. The fourth-order valence-corrected chi connectivity index (χ4v) is 2.80. The van der Waals surface area contributed by atoms with Crippen LogP contribution in [0, 0.1) is 18.3 Å². The maximum absolute atomic E-state index is 5.63. The van der Waals surface area contributed by atoms with Crippen molar-refractivity contribution in [3.63, 3.8) is 0 Å². The van der Waals surface area contributed by atoms with E-state index in [0.29, 0.717) is 5.92 Å². The van der Waals surface area contributed by atoms with Gasteiger partial charge in [-0.25, -0.2) is 0 Å². The third kappa shape index (κ3) is 1.55. The number of hydrogen-bond donors (Lipinski definition) is 0. The van der Waals surface area contributed by atoms with E-state index in [2.05, 4.69) is 40.0 Å². The highest BCUT2D eigenvalue weighted by Crippen LogP contribution is 2.45. The number of fused-ring (bicyclic) bond motifs is 1. The van der Waals surface area contributed by atoms with E-state index in [9.17, 15) is 0 Å². The van der Waals surface area contributed by atoms with E-state index in [0.717, 1.165) is 18.6 Å². The van der Waals surface area contributed by atoms with Crippen LogP contribution in [0.3, 0.4) is 0 Å². The van der Waals surface area contributed by atoms with Crippen LogP contribution >= 0.6 is 0 Å². The minimum Gasteiger partial charge on any atom is -0.469 e. The lowest BCUT2D eigenvalue weighted by Gasteiger charge is -2.39. The van der Waals surface area contributed by atoms with E-state index in [-0.39, 0.29) is 5.41 Å². The standard InChI is InChI=1S/C15H20O/c1-6-15(5)8-14-12(11(4)9-16-14)7-13(15)10(2)3/h6,9,13H,1-2,7-8H2,3-5H3/t13-,15+/m0/s1. The highest BCUT2D eigenvalue weighted by Gasteiger charge is 2.39. The summed E-state index contributed by atoms with van der Waals surface area (Å²) in [4.78, 5) is 0. The fourth-order valence-electron chi connectivity index (χ4n) is 2.80. The van der Waals surface area contributed by atoms with Gasteiger partial charge in [0.1, 0.15) is 5.76 Å². The Labute approximate surface area is 97.9 Å². The molecule has 1 heterocycles. The first-order valence-corrected chi connectivity index (χ1v) is 5.83. The average Bonchev–Trinajstić information content (AvgIpc) is 2.58. The Balaban J connectivity index is 2.46. The van der Waals surface area contributed by atoms with Crippen molar-refractivity contribution >= 4 is 0 Å². The van der Waals surface area contributed by atoms with Crippen LogP contribution in [0.2, 0.25) is 0 Å². The van der Waals surface area contributed by atoms with Crippen molar-refractivity contribution in [2.75, 3.05) is 0 Å². The zero-order valence-corrected chi connectivity index (χ0v) is 10.5. The van der Waals surface area contributed by atoms with Crippen LogP contribution in [0.5, 0.6) is 0 Å². The number of furan rings is 1. The van der Waals surface area contributed by atoms with Crippen LogP contribution in [-0.2, 0) is 12.8 Å². The monoisotopic (exact) mass is 216 g/mol. The summed E-state index contributed by atoms with van der Waals surface area (Å²) in [7, 11) is 0. The van der Waals surface area contributed by atoms with Crippen molar-refractivity contribution in [1.82, 2.24) is 0 Å². The summed E-state index contributed by atoms with van der Waals surface area (Å²) in [5.41, 5.74) is 3.98. The van der Waals surface area contributed by atoms with Gasteiger partial charge < -0.3 is 4.42 Å². The van der Waals surface area contributed by atoms with Crippen molar-refractivity contribution in [3.8, 4) is 0 Å². The lowest BCUT2D eigenvalue weighted by Crippen LogP contribution is -2.34. The van der Waals surface area contributed by atoms with Gasteiger partial charge >= 0.3 is 0 Å². The highest BCUT2D eigenvalue weighted by molar-refractivity contribution is 5.34. The molecule has 1 aromatic rings. The molecule has 0 amide bonds. The lowest BCUT2D eigenvalue weighted by molar-refractivity contribution is 0.248. The van der Waals surface area contributed by atoms with Gasteiger partial charge in [0, 0.05) is 6.42 Å². The quantitative estimate of drug-likeness (QED) is 0.679. The largest absolute Gasteiger partial charge is 0.469 e. The number of rotatable bonds is 2. The number of allylic oxidation sites excluding steroid dienone is 2. The van der Waals surface area contributed by atoms with Gasteiger partial charge in [0.05, 0.1) is 6.26 Å². The Kier molecular flexibility index (Phi) is 2.57. The lowest BCUT2D eigenvalue weighted by atomic mass is 9.65. The normalized spacial score (nSPS) is 28.6. The number of hydrogen-bond acceptors (Lipinski definition) is 1. The molecule has 0 spiro atoms. The zero-order valence-electron chi connectivity index (χ0n) is 10.5. The Morgan fingerprint density at radius 1 is 1.62 bits per heavy atom. The van der Waals surface area contributed by atoms with Crippen LogP contribution in [-0.4, -0.2) is 0 Å². The molecule has 0 aromatic carbocycles. The molecule has 1 nitrogen and oxygen atoms in total. The summed E-state index contributed by atoms with van der Waals surface area (Å²) in [6.45, 7) is 14.6. The topological polar surface area (TPSA) is 13.1 Å². The Morgan fingerprint density at radius 2 is 2.31 bits per heavy atom. The van der Waals surface area contributed by atoms with Crippen molar-refractivity contribution in [1.29, 1.82) is 0 Å². The van der Waals surface area contributed by atoms with E-state index in [1.165, 1.54) is 16.7 Å². The van der Waals surface area contributed by atoms with E-state index in [1.54, 1.807) is 0 Å². The summed E-state index contributed by atoms with van der Waals surface area (Å²) < 4.78 is 5.63. The van der Waals surface area contributed by atoms with E-state index in [1.807, 2.05) is 6.26 Å². The van der Waals surface area contributed by atoms with Crippen LogP contribution in [0.4, 0.5) is 0 Å². The van der Waals surface area contributed by atoms with E-state index < -0.39 is 0 Å². The highest BCUT2D eigenvalue weighted by atomic mass is 16.3.